The van der Waals surface area contributed by atoms with Crippen LogP contribution >= 0.6 is 0 Å². The van der Waals surface area contributed by atoms with E-state index in [4.69, 9.17) is 4.74 Å². The van der Waals surface area contributed by atoms with Gasteiger partial charge in [-0.1, -0.05) is 48.0 Å². The predicted octanol–water partition coefficient (Wildman–Crippen LogP) is 3.89. The van der Waals surface area contributed by atoms with Gasteiger partial charge in [0.1, 0.15) is 5.75 Å². The molecule has 0 radical (unpaired) electrons. The summed E-state index contributed by atoms with van der Waals surface area (Å²) in [5.74, 6) is 0.127. The fourth-order valence-corrected chi connectivity index (χ4v) is 3.64. The number of hydrogen-bond acceptors (Lipinski definition) is 5. The molecule has 0 fully saturated rings. The van der Waals surface area contributed by atoms with Crippen molar-refractivity contribution in [3.63, 3.8) is 0 Å². The van der Waals surface area contributed by atoms with Crippen molar-refractivity contribution in [3.8, 4) is 17.0 Å². The lowest BCUT2D eigenvalue weighted by Gasteiger charge is -2.11. The number of hydrogen-bond donors (Lipinski definition) is 1. The Hall–Kier alpha value is -4.52. The van der Waals surface area contributed by atoms with Crippen LogP contribution in [0, 0.1) is 6.92 Å². The molecule has 0 atom stereocenters. The Morgan fingerprint density at radius 1 is 0.943 bits per heavy atom. The third-order valence-electron chi connectivity index (χ3n) is 5.63. The van der Waals surface area contributed by atoms with E-state index in [2.05, 4.69) is 10.3 Å². The summed E-state index contributed by atoms with van der Waals surface area (Å²) in [4.78, 5) is 42.7. The van der Waals surface area contributed by atoms with E-state index in [0.717, 1.165) is 16.9 Å². The van der Waals surface area contributed by atoms with E-state index in [1.807, 2.05) is 31.2 Å². The van der Waals surface area contributed by atoms with Gasteiger partial charge in [0.15, 0.2) is 5.78 Å². The van der Waals surface area contributed by atoms with Crippen molar-refractivity contribution in [3.05, 3.63) is 118 Å². The molecule has 1 amide bonds. The van der Waals surface area contributed by atoms with Gasteiger partial charge in [-0.05, 0) is 37.3 Å². The van der Waals surface area contributed by atoms with Crippen LogP contribution in [0.1, 0.15) is 31.8 Å². The van der Waals surface area contributed by atoms with Crippen LogP contribution < -0.4 is 15.6 Å². The molecule has 3 aromatic carbocycles. The van der Waals surface area contributed by atoms with Crippen LogP contribution in [0.5, 0.6) is 5.75 Å². The van der Waals surface area contributed by atoms with Crippen molar-refractivity contribution in [2.24, 2.45) is 0 Å². The molecule has 0 bridgehead atoms. The maximum atomic E-state index is 13.0. The molecule has 176 valence electrons. The number of ether oxygens (including phenoxy) is 1. The summed E-state index contributed by atoms with van der Waals surface area (Å²) in [6.07, 6.45) is 1.46. The van der Waals surface area contributed by atoms with Gasteiger partial charge in [-0.25, -0.2) is 4.98 Å². The number of aromatic nitrogens is 2. The van der Waals surface area contributed by atoms with Crippen LogP contribution in [0.4, 0.5) is 0 Å². The Bertz CT molecular complexity index is 1410. The largest absolute Gasteiger partial charge is 0.497 e. The van der Waals surface area contributed by atoms with Crippen molar-refractivity contribution in [1.29, 1.82) is 0 Å². The maximum Gasteiger partial charge on any atom is 0.253 e. The van der Waals surface area contributed by atoms with E-state index in [9.17, 15) is 14.4 Å². The maximum absolute atomic E-state index is 13.0. The monoisotopic (exact) mass is 467 g/mol. The molecule has 0 spiro atoms. The van der Waals surface area contributed by atoms with Gasteiger partial charge in [0, 0.05) is 35.8 Å². The molecule has 0 saturated carbocycles. The third kappa shape index (κ3) is 5.52. The highest BCUT2D eigenvalue weighted by atomic mass is 16.5. The van der Waals surface area contributed by atoms with E-state index in [0.29, 0.717) is 22.4 Å². The number of aryl methyl sites for hydroxylation is 1. The van der Waals surface area contributed by atoms with Crippen molar-refractivity contribution in [2.45, 2.75) is 13.5 Å². The van der Waals surface area contributed by atoms with Crippen LogP contribution in [0.15, 0.2) is 90.0 Å². The molecule has 4 rings (SSSR count). The SMILES string of the molecule is COc1ccc(-c2cc(=O)n(CCNC(=O)c3ccccc3C(=O)c3ccc(C)cc3)cn2)cc1. The molecule has 0 aliphatic heterocycles. The summed E-state index contributed by atoms with van der Waals surface area (Å²) in [5, 5.41) is 2.80. The third-order valence-corrected chi connectivity index (χ3v) is 5.63. The summed E-state index contributed by atoms with van der Waals surface area (Å²) in [6.45, 7) is 2.40. The summed E-state index contributed by atoms with van der Waals surface area (Å²) in [5.41, 5.74) is 3.32. The molecular weight excluding hydrogens is 442 g/mol. The zero-order valence-corrected chi connectivity index (χ0v) is 19.5. The Morgan fingerprint density at radius 2 is 1.63 bits per heavy atom. The van der Waals surface area contributed by atoms with Gasteiger partial charge in [0.25, 0.3) is 11.5 Å². The number of methoxy groups -OCH3 is 1. The fraction of sp³-hybridized carbons (Fsp3) is 0.143. The van der Waals surface area contributed by atoms with E-state index >= 15 is 0 Å². The summed E-state index contributed by atoms with van der Waals surface area (Å²) < 4.78 is 6.58. The van der Waals surface area contributed by atoms with Gasteiger partial charge in [-0.3, -0.25) is 19.0 Å². The van der Waals surface area contributed by atoms with E-state index in [-0.39, 0.29) is 30.3 Å². The molecule has 1 heterocycles. The molecular formula is C28H25N3O4. The average molecular weight is 468 g/mol. The Labute approximate surface area is 203 Å². The van der Waals surface area contributed by atoms with E-state index < -0.39 is 0 Å². The number of benzene rings is 3. The number of nitrogens with zero attached hydrogens (tertiary/aromatic N) is 2. The van der Waals surface area contributed by atoms with Gasteiger partial charge in [-0.15, -0.1) is 0 Å². The minimum atomic E-state index is -0.378. The number of carbonyl (C=O) groups excluding carboxylic acids is 2. The van der Waals surface area contributed by atoms with Gasteiger partial charge in [-0.2, -0.15) is 0 Å². The summed E-state index contributed by atoms with van der Waals surface area (Å²) in [6, 6.07) is 22.7. The van der Waals surface area contributed by atoms with Gasteiger partial charge in [0.2, 0.25) is 0 Å². The molecule has 1 N–H and O–H groups in total. The highest BCUT2D eigenvalue weighted by molar-refractivity contribution is 6.15. The molecule has 0 aliphatic carbocycles. The first kappa shape index (κ1) is 23.6. The van der Waals surface area contributed by atoms with Crippen molar-refractivity contribution >= 4 is 11.7 Å². The molecule has 7 heteroatoms. The van der Waals surface area contributed by atoms with Crippen LogP contribution in [0.3, 0.4) is 0 Å². The highest BCUT2D eigenvalue weighted by Crippen LogP contribution is 2.19. The standard InChI is InChI=1S/C28H25N3O4/c1-19-7-9-21(10-8-19)27(33)23-5-3-4-6-24(23)28(34)29-15-16-31-18-30-25(17-26(31)32)20-11-13-22(35-2)14-12-20/h3-14,17-18H,15-16H2,1-2H3,(H,29,34). The summed E-state index contributed by atoms with van der Waals surface area (Å²) in [7, 11) is 1.59. The number of ketones is 1. The predicted molar refractivity (Wildman–Crippen MR) is 134 cm³/mol. The number of carbonyl (C=O) groups is 2. The first-order valence-corrected chi connectivity index (χ1v) is 11.2. The first-order valence-electron chi connectivity index (χ1n) is 11.2. The Morgan fingerprint density at radius 3 is 2.29 bits per heavy atom. The lowest BCUT2D eigenvalue weighted by molar-refractivity contribution is 0.0940. The van der Waals surface area contributed by atoms with Gasteiger partial charge >= 0.3 is 0 Å². The van der Waals surface area contributed by atoms with Crippen LogP contribution in [0.2, 0.25) is 0 Å². The molecule has 1 aromatic heterocycles. The number of rotatable bonds is 8. The van der Waals surface area contributed by atoms with E-state index in [1.165, 1.54) is 17.0 Å². The Kier molecular flexibility index (Phi) is 7.16. The first-order chi connectivity index (χ1) is 17.0. The van der Waals surface area contributed by atoms with Crippen LogP contribution in [-0.4, -0.2) is 34.9 Å². The molecule has 35 heavy (non-hydrogen) atoms. The lowest BCUT2D eigenvalue weighted by atomic mass is 9.97. The second-order valence-corrected chi connectivity index (χ2v) is 8.03. The molecule has 4 aromatic rings. The molecule has 0 aliphatic rings. The topological polar surface area (TPSA) is 90.3 Å². The van der Waals surface area contributed by atoms with Gasteiger partial charge < -0.3 is 10.1 Å². The normalized spacial score (nSPS) is 10.6. The molecule has 7 nitrogen and oxygen atoms in total. The molecule has 0 unspecified atom stereocenters. The van der Waals surface area contributed by atoms with Crippen molar-refractivity contribution < 1.29 is 14.3 Å². The van der Waals surface area contributed by atoms with Crippen molar-refractivity contribution in [2.75, 3.05) is 13.7 Å². The van der Waals surface area contributed by atoms with Crippen LogP contribution in [-0.2, 0) is 6.54 Å². The number of nitrogens with one attached hydrogen (secondary N) is 1. The average Bonchev–Trinajstić information content (AvgIpc) is 2.89. The quantitative estimate of drug-likeness (QED) is 0.397. The smallest absolute Gasteiger partial charge is 0.253 e. The number of amides is 1. The second-order valence-electron chi connectivity index (χ2n) is 8.03. The lowest BCUT2D eigenvalue weighted by Crippen LogP contribution is -2.31. The van der Waals surface area contributed by atoms with E-state index in [1.54, 1.807) is 55.6 Å². The minimum Gasteiger partial charge on any atom is -0.497 e. The fourth-order valence-electron chi connectivity index (χ4n) is 3.64. The molecule has 0 saturated heterocycles. The zero-order valence-electron chi connectivity index (χ0n) is 19.5. The van der Waals surface area contributed by atoms with Crippen LogP contribution in [0.25, 0.3) is 11.3 Å². The zero-order chi connectivity index (χ0) is 24.8. The Balaban J connectivity index is 1.42. The summed E-state index contributed by atoms with van der Waals surface area (Å²) >= 11 is 0. The highest BCUT2D eigenvalue weighted by Gasteiger charge is 2.17. The minimum absolute atomic E-state index is 0.204. The van der Waals surface area contributed by atoms with Gasteiger partial charge in [0.05, 0.1) is 24.7 Å². The second kappa shape index (κ2) is 10.6. The van der Waals surface area contributed by atoms with Crippen molar-refractivity contribution in [1.82, 2.24) is 14.9 Å².